The number of rotatable bonds is 11. The third-order valence-corrected chi connectivity index (χ3v) is 7.65. The Hall–Kier alpha value is -2.00. The van der Waals surface area contributed by atoms with E-state index in [0.29, 0.717) is 27.1 Å². The van der Waals surface area contributed by atoms with Gasteiger partial charge in [0, 0.05) is 17.6 Å². The maximum absolute atomic E-state index is 13.6. The normalized spacial score (nSPS) is 13.1. The van der Waals surface area contributed by atoms with Gasteiger partial charge in [-0.2, -0.15) is 0 Å². The van der Waals surface area contributed by atoms with Gasteiger partial charge >= 0.3 is 0 Å². The molecule has 11 heteroatoms. The lowest BCUT2D eigenvalue weighted by Crippen LogP contribution is -2.53. The zero-order valence-electron chi connectivity index (χ0n) is 20.1. The Kier molecular flexibility index (Phi) is 10.7. The zero-order valence-corrected chi connectivity index (χ0v) is 23.2. The minimum absolute atomic E-state index is 0.0420. The molecule has 2 aromatic carbocycles. The summed E-state index contributed by atoms with van der Waals surface area (Å²) in [4.78, 5) is 28.1. The van der Waals surface area contributed by atoms with E-state index in [0.717, 1.165) is 17.0 Å². The van der Waals surface area contributed by atoms with Crippen molar-refractivity contribution >= 4 is 62.3 Å². The van der Waals surface area contributed by atoms with E-state index in [1.807, 2.05) is 13.8 Å². The van der Waals surface area contributed by atoms with Crippen molar-refractivity contribution in [3.63, 3.8) is 0 Å². The fraction of sp³-hybridized carbons (Fsp3) is 0.417. The Morgan fingerprint density at radius 3 is 2.11 bits per heavy atom. The Labute approximate surface area is 222 Å². The van der Waals surface area contributed by atoms with E-state index in [-0.39, 0.29) is 24.2 Å². The molecule has 2 rings (SSSR count). The van der Waals surface area contributed by atoms with Crippen LogP contribution in [0.3, 0.4) is 0 Å². The first-order valence-electron chi connectivity index (χ1n) is 11.1. The molecule has 0 aliphatic heterocycles. The van der Waals surface area contributed by atoms with Gasteiger partial charge in [-0.25, -0.2) is 8.42 Å². The molecule has 0 spiro atoms. The van der Waals surface area contributed by atoms with E-state index < -0.39 is 28.5 Å². The summed E-state index contributed by atoms with van der Waals surface area (Å²) < 4.78 is 26.2. The Morgan fingerprint density at radius 2 is 1.60 bits per heavy atom. The van der Waals surface area contributed by atoms with E-state index in [9.17, 15) is 18.0 Å². The van der Waals surface area contributed by atoms with Crippen LogP contribution in [0.4, 0.5) is 5.69 Å². The molecule has 0 aliphatic carbocycles. The molecule has 2 atom stereocenters. The summed E-state index contributed by atoms with van der Waals surface area (Å²) in [5.74, 6) is -0.852. The van der Waals surface area contributed by atoms with Crippen LogP contribution in [0.25, 0.3) is 0 Å². The second kappa shape index (κ2) is 12.8. The van der Waals surface area contributed by atoms with Crippen LogP contribution in [0.15, 0.2) is 42.5 Å². The average Bonchev–Trinajstić information content (AvgIpc) is 2.79. The van der Waals surface area contributed by atoms with Gasteiger partial charge in [0.15, 0.2) is 0 Å². The minimum Gasteiger partial charge on any atom is -0.352 e. The van der Waals surface area contributed by atoms with Crippen molar-refractivity contribution < 1.29 is 18.0 Å². The number of anilines is 1. The largest absolute Gasteiger partial charge is 0.352 e. The molecule has 2 amide bonds. The van der Waals surface area contributed by atoms with Gasteiger partial charge in [0.2, 0.25) is 21.8 Å². The first kappa shape index (κ1) is 29.2. The third kappa shape index (κ3) is 8.27. The first-order chi connectivity index (χ1) is 16.4. The highest BCUT2D eigenvalue weighted by Crippen LogP contribution is 2.25. The number of hydrogen-bond acceptors (Lipinski definition) is 4. The summed E-state index contributed by atoms with van der Waals surface area (Å²) in [6.07, 6.45) is 2.07. The van der Waals surface area contributed by atoms with Crippen molar-refractivity contribution in [2.24, 2.45) is 0 Å². The number of hydrogen-bond donors (Lipinski definition) is 1. The number of carbonyl (C=O) groups excluding carboxylic acids is 2. The lowest BCUT2D eigenvalue weighted by molar-refractivity contribution is -0.140. The number of sulfonamides is 1. The first-order valence-corrected chi connectivity index (χ1v) is 14.1. The SMILES string of the molecule is CC[C@@H](C)NC(=O)[C@H](CC)N(Cc1ccc(Cl)c(Cl)c1)C(=O)CN(c1ccc(Cl)cc1)S(C)(=O)=O. The maximum atomic E-state index is 13.6. The van der Waals surface area contributed by atoms with Crippen molar-refractivity contribution in [3.05, 3.63) is 63.1 Å². The van der Waals surface area contributed by atoms with E-state index >= 15 is 0 Å². The maximum Gasteiger partial charge on any atom is 0.244 e. The van der Waals surface area contributed by atoms with Crippen LogP contribution in [0.5, 0.6) is 0 Å². The molecule has 192 valence electrons. The monoisotopic (exact) mass is 561 g/mol. The molecule has 0 saturated heterocycles. The van der Waals surface area contributed by atoms with Crippen molar-refractivity contribution in [1.29, 1.82) is 0 Å². The van der Waals surface area contributed by atoms with E-state index in [1.165, 1.54) is 17.0 Å². The summed E-state index contributed by atoms with van der Waals surface area (Å²) in [5, 5.41) is 4.02. The third-order valence-electron chi connectivity index (χ3n) is 5.52. The molecule has 0 saturated carbocycles. The van der Waals surface area contributed by atoms with E-state index in [2.05, 4.69) is 5.32 Å². The Balaban J connectivity index is 2.45. The van der Waals surface area contributed by atoms with Crippen LogP contribution in [0.2, 0.25) is 15.1 Å². The number of nitrogens with one attached hydrogen (secondary N) is 1. The topological polar surface area (TPSA) is 86.8 Å². The van der Waals surface area contributed by atoms with Crippen LogP contribution in [0.1, 0.15) is 39.2 Å². The van der Waals surface area contributed by atoms with Crippen LogP contribution in [-0.2, 0) is 26.2 Å². The van der Waals surface area contributed by atoms with Gasteiger partial charge in [-0.05, 0) is 61.7 Å². The molecular formula is C24H30Cl3N3O4S. The highest BCUT2D eigenvalue weighted by molar-refractivity contribution is 7.92. The van der Waals surface area contributed by atoms with Gasteiger partial charge in [0.05, 0.1) is 22.0 Å². The van der Waals surface area contributed by atoms with Gasteiger partial charge in [0.1, 0.15) is 12.6 Å². The molecule has 35 heavy (non-hydrogen) atoms. The Bertz CT molecular complexity index is 1140. The van der Waals surface area contributed by atoms with Crippen molar-refractivity contribution in [1.82, 2.24) is 10.2 Å². The highest BCUT2D eigenvalue weighted by Gasteiger charge is 2.32. The molecule has 0 bridgehead atoms. The van der Waals surface area contributed by atoms with Crippen LogP contribution >= 0.6 is 34.8 Å². The number of halogens is 3. The van der Waals surface area contributed by atoms with Gasteiger partial charge < -0.3 is 10.2 Å². The minimum atomic E-state index is -3.82. The molecule has 1 N–H and O–H groups in total. The van der Waals surface area contributed by atoms with Crippen LogP contribution in [0, 0.1) is 0 Å². The van der Waals surface area contributed by atoms with Crippen molar-refractivity contribution in [3.8, 4) is 0 Å². The summed E-state index contributed by atoms with van der Waals surface area (Å²) in [7, 11) is -3.82. The molecule has 0 fully saturated rings. The summed E-state index contributed by atoms with van der Waals surface area (Å²) >= 11 is 18.1. The molecule has 0 radical (unpaired) electrons. The highest BCUT2D eigenvalue weighted by atomic mass is 35.5. The predicted molar refractivity (Wildman–Crippen MR) is 143 cm³/mol. The molecule has 2 aromatic rings. The summed E-state index contributed by atoms with van der Waals surface area (Å²) in [6, 6.07) is 10.2. The van der Waals surface area contributed by atoms with E-state index in [4.69, 9.17) is 34.8 Å². The molecule has 0 aromatic heterocycles. The fourth-order valence-electron chi connectivity index (χ4n) is 3.42. The smallest absolute Gasteiger partial charge is 0.244 e. The van der Waals surface area contributed by atoms with Crippen molar-refractivity contribution in [2.75, 3.05) is 17.1 Å². The molecule has 0 heterocycles. The lowest BCUT2D eigenvalue weighted by atomic mass is 10.1. The quantitative estimate of drug-likeness (QED) is 0.411. The molecular weight excluding hydrogens is 533 g/mol. The van der Waals surface area contributed by atoms with Crippen LogP contribution in [-0.4, -0.2) is 50.0 Å². The van der Waals surface area contributed by atoms with Gasteiger partial charge in [0.25, 0.3) is 0 Å². The summed E-state index contributed by atoms with van der Waals surface area (Å²) in [6.45, 7) is 5.17. The zero-order chi connectivity index (χ0) is 26.3. The standard InChI is InChI=1S/C24H30Cl3N3O4S/c1-5-16(3)28-24(32)22(6-2)29(14-17-7-12-20(26)21(27)13-17)23(31)15-30(35(4,33)34)19-10-8-18(25)9-11-19/h7-13,16,22H,5-6,14-15H2,1-4H3,(H,28,32)/t16-,22+/m1/s1. The van der Waals surface area contributed by atoms with Gasteiger partial charge in [-0.1, -0.05) is 54.7 Å². The average molecular weight is 563 g/mol. The lowest BCUT2D eigenvalue weighted by Gasteiger charge is -2.33. The molecule has 7 nitrogen and oxygen atoms in total. The fourth-order valence-corrected chi connectivity index (χ4v) is 4.71. The number of nitrogens with zero attached hydrogens (tertiary/aromatic N) is 2. The van der Waals surface area contributed by atoms with Gasteiger partial charge in [-0.3, -0.25) is 13.9 Å². The Morgan fingerprint density at radius 1 is 0.971 bits per heavy atom. The number of benzene rings is 2. The van der Waals surface area contributed by atoms with Gasteiger partial charge in [-0.15, -0.1) is 0 Å². The molecule has 0 aliphatic rings. The number of amides is 2. The second-order valence-corrected chi connectivity index (χ2v) is 11.4. The predicted octanol–water partition coefficient (Wildman–Crippen LogP) is 5.13. The van der Waals surface area contributed by atoms with Crippen LogP contribution < -0.4 is 9.62 Å². The van der Waals surface area contributed by atoms with E-state index in [1.54, 1.807) is 37.3 Å². The number of carbonyl (C=O) groups is 2. The summed E-state index contributed by atoms with van der Waals surface area (Å²) in [5.41, 5.74) is 0.941. The molecule has 0 unspecified atom stereocenters. The van der Waals surface area contributed by atoms with Crippen molar-refractivity contribution in [2.45, 2.75) is 52.2 Å². The second-order valence-electron chi connectivity index (χ2n) is 8.26.